The molecule has 0 bridgehead atoms. The zero-order valence-electron chi connectivity index (χ0n) is 5.04. The van der Waals surface area contributed by atoms with E-state index >= 15 is 0 Å². The lowest BCUT2D eigenvalue weighted by Crippen LogP contribution is -1.55. The van der Waals surface area contributed by atoms with E-state index in [0.717, 1.165) is 0 Å². The van der Waals surface area contributed by atoms with E-state index in [4.69, 9.17) is 39.0 Å². The molecule has 0 saturated heterocycles. The molecule has 0 saturated carbocycles. The number of alkyl halides is 3. The highest BCUT2D eigenvalue weighted by Gasteiger charge is 1.78. The lowest BCUT2D eigenvalue weighted by Gasteiger charge is -1.69. The van der Waals surface area contributed by atoms with Gasteiger partial charge in [-0.15, -0.1) is 0 Å². The van der Waals surface area contributed by atoms with E-state index in [1.807, 2.05) is 0 Å². The lowest BCUT2D eigenvalue weighted by molar-refractivity contribution is 0.824. The van der Waals surface area contributed by atoms with Crippen LogP contribution >= 0.6 is 34.8 Å². The van der Waals surface area contributed by atoms with E-state index in [1.54, 1.807) is 0 Å². The van der Waals surface area contributed by atoms with Gasteiger partial charge in [0.1, 0.15) is 0 Å². The number of hydrogen-bond acceptors (Lipinski definition) is 0. The molecule has 0 heterocycles. The molecule has 0 aliphatic heterocycles. The molecule has 0 aromatic carbocycles. The van der Waals surface area contributed by atoms with Crippen LogP contribution in [0.2, 0.25) is 0 Å². The predicted octanol–water partition coefficient (Wildman–Crippen LogP) is 1.16. The molecule has 0 aliphatic rings. The topological polar surface area (TPSA) is 31.5 Å². The van der Waals surface area contributed by atoms with Crippen LogP contribution in [0.5, 0.6) is 0 Å². The van der Waals surface area contributed by atoms with Gasteiger partial charge in [-0.25, -0.2) is 0 Å². The van der Waals surface area contributed by atoms with Gasteiger partial charge < -0.3 is 5.48 Å². The van der Waals surface area contributed by atoms with Crippen LogP contribution in [0.15, 0.2) is 0 Å². The van der Waals surface area contributed by atoms with Crippen molar-refractivity contribution in [2.24, 2.45) is 0 Å². The first-order valence-electron chi connectivity index (χ1n) is 1.88. The quantitative estimate of drug-likeness (QED) is 0.452. The van der Waals surface area contributed by atoms with Gasteiger partial charge in [-0.2, -0.15) is 0 Å². The molecular weight excluding hydrogens is 134 g/mol. The van der Waals surface area contributed by atoms with Crippen molar-refractivity contribution in [3.63, 3.8) is 0 Å². The van der Waals surface area contributed by atoms with Gasteiger partial charge in [-0.3, -0.25) is 0 Å². The summed E-state index contributed by atoms with van der Waals surface area (Å²) in [4.78, 5) is 0. The van der Waals surface area contributed by atoms with E-state index in [0.29, 0.717) is 0 Å². The summed E-state index contributed by atoms with van der Waals surface area (Å²) in [6.45, 7) is 0. The van der Waals surface area contributed by atoms with Crippen LogP contribution in [-0.2, 0) is 0 Å². The second kappa shape index (κ2) is 4.83. The lowest BCUT2D eigenvalue weighted by atomic mass is 11.9. The molecule has 0 atom stereocenters. The highest BCUT2D eigenvalue weighted by Crippen LogP contribution is 2.03. The van der Waals surface area contributed by atoms with E-state index in [2.05, 4.69) is 5.48 Å². The maximum atomic E-state index is 6.23. The first-order chi connectivity index (χ1) is 3.41. The van der Waals surface area contributed by atoms with Gasteiger partial charge in [0.25, 0.3) is 0 Å². The van der Waals surface area contributed by atoms with Gasteiger partial charge >= 0.3 is 0 Å². The Morgan fingerprint density at radius 1 is 1.80 bits per heavy atom. The van der Waals surface area contributed by atoms with Crippen LogP contribution in [0.1, 0.15) is 1.37 Å². The predicted molar refractivity (Wildman–Crippen MR) is 25.0 cm³/mol. The van der Waals surface area contributed by atoms with Crippen molar-refractivity contribution in [3.8, 4) is 0 Å². The summed E-state index contributed by atoms with van der Waals surface area (Å²) in [5.74, 6) is 0. The third-order valence-electron chi connectivity index (χ3n) is 0. The summed E-state index contributed by atoms with van der Waals surface area (Å²) in [5, 5.41) is 0. The monoisotopic (exact) mass is 139 g/mol. The largest absolute Gasteiger partial charge is 0.412 e. The second-order valence-corrected chi connectivity index (χ2v) is 1.93. The smallest absolute Gasteiger partial charge is 0.206 e. The molecule has 0 spiro atoms. The first-order valence-corrected chi connectivity index (χ1v) is 1.70. The Labute approximate surface area is 49.5 Å². The van der Waals surface area contributed by atoms with Gasteiger partial charge in [-0.1, -0.05) is 34.8 Å². The standard InChI is InChI=1S/CHCl3.H2O/c2-1(3)4;/h1H;1H2/i1D;/hD2. The fourth-order valence-electron chi connectivity index (χ4n) is 0. The molecule has 1 nitrogen and oxygen atoms in total. The minimum absolute atomic E-state index is 1.83. The average Bonchev–Trinajstić information content (AvgIpc) is 1.27. The number of hydrogen-bond donors (Lipinski definition) is 0. The Kier molecular flexibility index (Phi) is 2.82. The van der Waals surface area contributed by atoms with Crippen molar-refractivity contribution in [2.45, 2.75) is 4.27 Å². The van der Waals surface area contributed by atoms with Crippen LogP contribution < -0.4 is 0 Å². The Morgan fingerprint density at radius 2 is 1.80 bits per heavy atom. The fourth-order valence-corrected chi connectivity index (χ4v) is 0. The first kappa shape index (κ1) is 2.92. The van der Waals surface area contributed by atoms with Crippen LogP contribution in [0.25, 0.3) is 0 Å². The zero-order chi connectivity index (χ0) is 7.21. The molecule has 0 amide bonds. The number of halogens is 3. The summed E-state index contributed by atoms with van der Waals surface area (Å²) >= 11 is 14.2. The van der Waals surface area contributed by atoms with Crippen molar-refractivity contribution in [1.29, 1.82) is 2.86 Å². The molecule has 4 heteroatoms. The highest BCUT2D eigenvalue weighted by molar-refractivity contribution is 6.63. The van der Waals surface area contributed by atoms with E-state index in [1.165, 1.54) is 0 Å². The minimum Gasteiger partial charge on any atom is -0.412 e. The molecule has 2 N–H and O–H groups in total. The Balaban J connectivity index is 0. The van der Waals surface area contributed by atoms with E-state index in [9.17, 15) is 0 Å². The molecular formula is CH3Cl3O. The van der Waals surface area contributed by atoms with Crippen molar-refractivity contribution in [3.05, 3.63) is 0 Å². The van der Waals surface area contributed by atoms with Gasteiger partial charge in [0.2, 0.25) is 2.86 Å². The maximum absolute atomic E-state index is 6.23. The summed E-state index contributed by atoms with van der Waals surface area (Å²) in [6, 6.07) is 0. The van der Waals surface area contributed by atoms with Crippen LogP contribution in [-0.4, -0.2) is 12.6 Å². The maximum Gasteiger partial charge on any atom is 0.206 e. The average molecular weight is 140 g/mol. The zero-order valence-corrected chi connectivity index (χ0v) is 4.31. The fraction of sp³-hybridized carbons (Fsp3) is 1.00. The summed E-state index contributed by atoms with van der Waals surface area (Å²) in [7, 11) is 0. The van der Waals surface area contributed by atoms with Gasteiger partial charge in [0, 0.05) is 0 Å². The molecule has 0 fully saturated rings. The van der Waals surface area contributed by atoms with Crippen LogP contribution in [0.3, 0.4) is 0 Å². The molecule has 34 valence electrons. The molecule has 5 heavy (non-hydrogen) atoms. The molecule has 0 aromatic rings. The molecule has 0 unspecified atom stereocenters. The Hall–Kier alpha value is 0.830. The molecule has 0 radical (unpaired) electrons. The normalized spacial score (nSPS) is 16.2. The van der Waals surface area contributed by atoms with Gasteiger partial charge in [0.15, 0.2) is 4.27 Å². The SMILES string of the molecule is [2H]C(Cl)(Cl)Cl.[2H]O[2H]. The van der Waals surface area contributed by atoms with E-state index in [-0.39, 0.29) is 0 Å². The third-order valence-corrected chi connectivity index (χ3v) is 0. The van der Waals surface area contributed by atoms with Crippen molar-refractivity contribution in [2.75, 3.05) is 0 Å². The third kappa shape index (κ3) is 56.2. The Bertz CT molecular complexity index is 38.3. The Morgan fingerprint density at radius 3 is 1.80 bits per heavy atom. The molecule has 0 rings (SSSR count). The second-order valence-electron chi connectivity index (χ2n) is 0.214. The van der Waals surface area contributed by atoms with Crippen molar-refractivity contribution in [1.82, 2.24) is 0 Å². The summed E-state index contributed by atoms with van der Waals surface area (Å²) in [5.41, 5.74) is 2.75. The van der Waals surface area contributed by atoms with Crippen molar-refractivity contribution >= 4 is 34.8 Å². The van der Waals surface area contributed by atoms with Crippen LogP contribution in [0, 0.1) is 0 Å². The van der Waals surface area contributed by atoms with Gasteiger partial charge in [-0.05, 0) is 0 Å². The number of rotatable bonds is 0. The summed E-state index contributed by atoms with van der Waals surface area (Å²) in [6.07, 6.45) is 0. The van der Waals surface area contributed by atoms with E-state index < -0.39 is 4.27 Å². The summed E-state index contributed by atoms with van der Waals surface area (Å²) < 4.78 is 15.2. The molecule has 0 aromatic heterocycles. The molecule has 0 aliphatic carbocycles. The van der Waals surface area contributed by atoms with Crippen molar-refractivity contribution < 1.29 is 6.85 Å². The highest BCUT2D eigenvalue weighted by atomic mass is 35.6. The minimum atomic E-state index is -1.83. The van der Waals surface area contributed by atoms with Crippen LogP contribution in [0.4, 0.5) is 0 Å². The van der Waals surface area contributed by atoms with Gasteiger partial charge in [0.05, 0.1) is 1.37 Å².